The van der Waals surface area contributed by atoms with Gasteiger partial charge in [0.1, 0.15) is 0 Å². The minimum Gasteiger partial charge on any atom is -0.505 e. The fraction of sp³-hybridized carbons (Fsp3) is 0.0833. The zero-order valence-electron chi connectivity index (χ0n) is 9.13. The van der Waals surface area contributed by atoms with Gasteiger partial charge in [-0.2, -0.15) is 5.26 Å². The molecule has 1 heterocycles. The number of aromatic hydroxyl groups is 1. The lowest BCUT2D eigenvalue weighted by atomic mass is 9.99. The van der Waals surface area contributed by atoms with E-state index in [0.717, 1.165) is 10.9 Å². The van der Waals surface area contributed by atoms with Crippen molar-refractivity contribution >= 4 is 23.7 Å². The van der Waals surface area contributed by atoms with E-state index in [2.05, 4.69) is 0 Å². The van der Waals surface area contributed by atoms with E-state index >= 15 is 0 Å². The SMILES string of the molecule is Cl.N#Cc1ccc(F)c(O)c1[C@@H](N)c1cccs1. The van der Waals surface area contributed by atoms with Crippen molar-refractivity contribution in [3.63, 3.8) is 0 Å². The van der Waals surface area contributed by atoms with Gasteiger partial charge >= 0.3 is 0 Å². The molecule has 0 amide bonds. The van der Waals surface area contributed by atoms with Crippen molar-refractivity contribution in [2.24, 2.45) is 5.73 Å². The van der Waals surface area contributed by atoms with E-state index in [-0.39, 0.29) is 23.5 Å². The van der Waals surface area contributed by atoms with Crippen molar-refractivity contribution in [1.82, 2.24) is 0 Å². The van der Waals surface area contributed by atoms with Crippen LogP contribution in [0.4, 0.5) is 4.39 Å². The third-order valence-corrected chi connectivity index (χ3v) is 3.40. The average molecular weight is 285 g/mol. The number of halogens is 2. The van der Waals surface area contributed by atoms with Crippen molar-refractivity contribution < 1.29 is 9.50 Å². The Balaban J connectivity index is 0.00000162. The molecule has 0 radical (unpaired) electrons. The Morgan fingerprint density at radius 2 is 2.11 bits per heavy atom. The molecule has 0 aliphatic carbocycles. The lowest BCUT2D eigenvalue weighted by Crippen LogP contribution is -2.12. The zero-order chi connectivity index (χ0) is 12.4. The Bertz CT molecular complexity index is 581. The van der Waals surface area contributed by atoms with Crippen LogP contribution in [0.15, 0.2) is 29.6 Å². The molecule has 0 bridgehead atoms. The topological polar surface area (TPSA) is 70.0 Å². The quantitative estimate of drug-likeness (QED) is 0.891. The number of phenolic OH excluding ortho intramolecular Hbond substituents is 1. The highest BCUT2D eigenvalue weighted by Crippen LogP contribution is 2.34. The fourth-order valence-electron chi connectivity index (χ4n) is 1.60. The molecule has 2 rings (SSSR count). The van der Waals surface area contributed by atoms with Crippen molar-refractivity contribution in [2.45, 2.75) is 6.04 Å². The number of hydrogen-bond donors (Lipinski definition) is 2. The first-order valence-electron chi connectivity index (χ1n) is 4.85. The summed E-state index contributed by atoms with van der Waals surface area (Å²) < 4.78 is 13.3. The highest BCUT2D eigenvalue weighted by molar-refractivity contribution is 7.10. The number of nitriles is 1. The number of nitrogens with zero attached hydrogens (tertiary/aromatic N) is 1. The molecular weight excluding hydrogens is 275 g/mol. The smallest absolute Gasteiger partial charge is 0.165 e. The first kappa shape index (κ1) is 14.5. The van der Waals surface area contributed by atoms with Crippen LogP contribution in [0, 0.1) is 17.1 Å². The first-order chi connectivity index (χ1) is 8.15. The van der Waals surface area contributed by atoms with Crippen LogP contribution >= 0.6 is 23.7 Å². The minimum absolute atomic E-state index is 0. The van der Waals surface area contributed by atoms with E-state index in [0.29, 0.717) is 0 Å². The maximum atomic E-state index is 13.3. The largest absolute Gasteiger partial charge is 0.505 e. The monoisotopic (exact) mass is 284 g/mol. The molecule has 94 valence electrons. The molecule has 0 saturated carbocycles. The van der Waals surface area contributed by atoms with Gasteiger partial charge in [-0.25, -0.2) is 4.39 Å². The summed E-state index contributed by atoms with van der Waals surface area (Å²) in [6.45, 7) is 0. The number of rotatable bonds is 2. The van der Waals surface area contributed by atoms with E-state index in [1.165, 1.54) is 17.4 Å². The van der Waals surface area contributed by atoms with Gasteiger partial charge < -0.3 is 10.8 Å². The summed E-state index contributed by atoms with van der Waals surface area (Å²) in [5.41, 5.74) is 6.26. The molecule has 1 aromatic heterocycles. The van der Waals surface area contributed by atoms with Crippen LogP contribution in [-0.4, -0.2) is 5.11 Å². The van der Waals surface area contributed by atoms with Crippen LogP contribution in [0.2, 0.25) is 0 Å². The van der Waals surface area contributed by atoms with Gasteiger partial charge in [-0.05, 0) is 23.6 Å². The Morgan fingerprint density at radius 1 is 1.39 bits per heavy atom. The van der Waals surface area contributed by atoms with Crippen molar-refractivity contribution in [3.05, 3.63) is 51.5 Å². The fourth-order valence-corrected chi connectivity index (χ4v) is 2.34. The van der Waals surface area contributed by atoms with Gasteiger partial charge in [-0.3, -0.25) is 0 Å². The molecule has 0 aliphatic rings. The van der Waals surface area contributed by atoms with Crippen molar-refractivity contribution in [1.29, 1.82) is 5.26 Å². The Morgan fingerprint density at radius 3 is 2.67 bits per heavy atom. The molecule has 0 spiro atoms. The van der Waals surface area contributed by atoms with Gasteiger partial charge in [-0.15, -0.1) is 23.7 Å². The Hall–Kier alpha value is -1.61. The number of thiophene rings is 1. The summed E-state index contributed by atoms with van der Waals surface area (Å²) in [6, 6.07) is 7.17. The van der Waals surface area contributed by atoms with Gasteiger partial charge in [0.25, 0.3) is 0 Å². The van der Waals surface area contributed by atoms with Crippen LogP contribution in [-0.2, 0) is 0 Å². The van der Waals surface area contributed by atoms with E-state index in [1.54, 1.807) is 6.07 Å². The predicted octanol–water partition coefficient (Wildman–Crippen LogP) is 2.93. The molecule has 0 unspecified atom stereocenters. The van der Waals surface area contributed by atoms with Gasteiger partial charge in [0, 0.05) is 10.4 Å². The summed E-state index contributed by atoms with van der Waals surface area (Å²) in [6.07, 6.45) is 0. The zero-order valence-corrected chi connectivity index (χ0v) is 10.8. The molecule has 1 aromatic carbocycles. The summed E-state index contributed by atoms with van der Waals surface area (Å²) in [5.74, 6) is -1.32. The van der Waals surface area contributed by atoms with Crippen LogP contribution < -0.4 is 5.73 Å². The van der Waals surface area contributed by atoms with Gasteiger partial charge in [-0.1, -0.05) is 6.07 Å². The average Bonchev–Trinajstić information content (AvgIpc) is 2.85. The highest BCUT2D eigenvalue weighted by Gasteiger charge is 2.21. The number of nitrogens with two attached hydrogens (primary N) is 1. The molecule has 0 fully saturated rings. The molecular formula is C12H10ClFN2OS. The third-order valence-electron chi connectivity index (χ3n) is 2.45. The molecule has 3 nitrogen and oxygen atoms in total. The van der Waals surface area contributed by atoms with Crippen molar-refractivity contribution in [2.75, 3.05) is 0 Å². The Labute approximate surface area is 114 Å². The molecule has 1 atom stereocenters. The van der Waals surface area contributed by atoms with E-state index in [1.807, 2.05) is 17.5 Å². The minimum atomic E-state index is -0.772. The molecule has 6 heteroatoms. The molecule has 2 aromatic rings. The second-order valence-corrected chi connectivity index (χ2v) is 4.44. The summed E-state index contributed by atoms with van der Waals surface area (Å²) >= 11 is 1.39. The molecule has 3 N–H and O–H groups in total. The van der Waals surface area contributed by atoms with Crippen LogP contribution in [0.25, 0.3) is 0 Å². The number of benzene rings is 1. The van der Waals surface area contributed by atoms with Crippen molar-refractivity contribution in [3.8, 4) is 11.8 Å². The lowest BCUT2D eigenvalue weighted by molar-refractivity contribution is 0.423. The van der Waals surface area contributed by atoms with E-state index < -0.39 is 17.6 Å². The van der Waals surface area contributed by atoms with E-state index in [4.69, 9.17) is 11.0 Å². The van der Waals surface area contributed by atoms with Gasteiger partial charge in [0.05, 0.1) is 17.7 Å². The molecule has 0 aliphatic heterocycles. The summed E-state index contributed by atoms with van der Waals surface area (Å²) in [4.78, 5) is 0.766. The lowest BCUT2D eigenvalue weighted by Gasteiger charge is -2.14. The normalized spacial score (nSPS) is 11.4. The third kappa shape index (κ3) is 2.46. The Kier molecular flexibility index (Phi) is 4.68. The maximum Gasteiger partial charge on any atom is 0.165 e. The van der Waals surface area contributed by atoms with Crippen LogP contribution in [0.5, 0.6) is 5.75 Å². The maximum absolute atomic E-state index is 13.3. The second-order valence-electron chi connectivity index (χ2n) is 3.46. The van der Waals surface area contributed by atoms with Gasteiger partial charge in [0.15, 0.2) is 11.6 Å². The van der Waals surface area contributed by atoms with E-state index in [9.17, 15) is 9.50 Å². The summed E-state index contributed by atoms with van der Waals surface area (Å²) in [5, 5.41) is 20.5. The van der Waals surface area contributed by atoms with Crippen LogP contribution in [0.3, 0.4) is 0 Å². The number of hydrogen-bond acceptors (Lipinski definition) is 4. The van der Waals surface area contributed by atoms with Gasteiger partial charge in [0.2, 0.25) is 0 Å². The second kappa shape index (κ2) is 5.83. The molecule has 18 heavy (non-hydrogen) atoms. The summed E-state index contributed by atoms with van der Waals surface area (Å²) in [7, 11) is 0. The predicted molar refractivity (Wildman–Crippen MR) is 70.4 cm³/mol. The molecule has 0 saturated heterocycles. The van der Waals surface area contributed by atoms with Crippen LogP contribution in [0.1, 0.15) is 22.0 Å². The number of phenols is 1. The standard InChI is InChI=1S/C12H9FN2OS.ClH/c13-8-4-3-7(6-14)10(12(8)16)11(15)9-2-1-5-17-9;/h1-5,11,16H,15H2;1H/t11-;/m0./s1. The first-order valence-corrected chi connectivity index (χ1v) is 5.73. The highest BCUT2D eigenvalue weighted by atomic mass is 35.5.